The Hall–Kier alpha value is -7.16. The van der Waals surface area contributed by atoms with Gasteiger partial charge in [0.05, 0.1) is 16.6 Å². The number of fused-ring (bicyclic) bond motifs is 8. The van der Waals surface area contributed by atoms with E-state index in [0.29, 0.717) is 0 Å². The first-order chi connectivity index (χ1) is 26.8. The largest absolute Gasteiger partial charge is 0.316 e. The first kappa shape index (κ1) is 30.5. The van der Waals surface area contributed by atoms with Crippen molar-refractivity contribution in [3.63, 3.8) is 0 Å². The predicted molar refractivity (Wildman–Crippen MR) is 229 cm³/mol. The van der Waals surface area contributed by atoms with Gasteiger partial charge in [0.15, 0.2) is 0 Å². The molecule has 0 atom stereocenters. The third-order valence-electron chi connectivity index (χ3n) is 11.1. The van der Waals surface area contributed by atoms with Gasteiger partial charge in [-0.05, 0) is 110 Å². The Labute approximate surface area is 313 Å². The van der Waals surface area contributed by atoms with Crippen molar-refractivity contribution in [1.29, 1.82) is 0 Å². The second kappa shape index (κ2) is 12.2. The summed E-state index contributed by atoms with van der Waals surface area (Å²) in [6, 6.07) is 73.0. The Morgan fingerprint density at radius 2 is 0.889 bits per heavy atom. The van der Waals surface area contributed by atoms with E-state index in [0.717, 1.165) is 11.4 Å². The lowest BCUT2D eigenvalue weighted by molar-refractivity contribution is 1.13. The van der Waals surface area contributed by atoms with Gasteiger partial charge in [0.1, 0.15) is 0 Å². The van der Waals surface area contributed by atoms with Gasteiger partial charge >= 0.3 is 0 Å². The zero-order valence-corrected chi connectivity index (χ0v) is 29.5. The standard InChI is InChI=1S/C52H34N2/c1-3-12-35(13-4-1)41-31-42(36-14-5-2-6-15-36)34-44(33-41)53-29-28-49-50(53)27-26-48-47-20-9-10-21-51(47)54(52(48)49)43-18-11-17-38(32-43)39-24-25-46-40(30-39)23-22-37-16-7-8-19-45(37)46/h1-34H. The Bertz CT molecular complexity index is 3140. The third-order valence-corrected chi connectivity index (χ3v) is 11.1. The molecule has 0 amide bonds. The summed E-state index contributed by atoms with van der Waals surface area (Å²) in [5, 5.41) is 8.82. The summed E-state index contributed by atoms with van der Waals surface area (Å²) < 4.78 is 4.82. The molecular weight excluding hydrogens is 653 g/mol. The molecule has 0 N–H and O–H groups in total. The molecule has 0 aliphatic rings. The zero-order chi connectivity index (χ0) is 35.6. The average Bonchev–Trinajstić information content (AvgIpc) is 3.84. The monoisotopic (exact) mass is 686 g/mol. The van der Waals surface area contributed by atoms with Crippen molar-refractivity contribution < 1.29 is 0 Å². The molecular formula is C52H34N2. The Kier molecular flexibility index (Phi) is 6.90. The van der Waals surface area contributed by atoms with Crippen molar-refractivity contribution in [2.24, 2.45) is 0 Å². The molecule has 252 valence electrons. The molecule has 11 aromatic rings. The summed E-state index contributed by atoms with van der Waals surface area (Å²) in [7, 11) is 0. The maximum atomic E-state index is 2.46. The highest BCUT2D eigenvalue weighted by atomic mass is 15.0. The first-order valence-electron chi connectivity index (χ1n) is 18.6. The average molecular weight is 687 g/mol. The maximum Gasteiger partial charge on any atom is 0.0635 e. The van der Waals surface area contributed by atoms with E-state index in [-0.39, 0.29) is 0 Å². The van der Waals surface area contributed by atoms with Crippen molar-refractivity contribution >= 4 is 54.3 Å². The second-order valence-electron chi connectivity index (χ2n) is 14.2. The number of para-hydroxylation sites is 1. The van der Waals surface area contributed by atoms with E-state index in [4.69, 9.17) is 0 Å². The SMILES string of the molecule is c1ccc(-c2cc(-c3ccccc3)cc(-n3ccc4c3ccc3c5ccccc5n(-c5cccc(-c6ccc7c(ccc8ccccc87)c6)c5)c34)c2)cc1. The van der Waals surface area contributed by atoms with E-state index in [1.165, 1.54) is 87.6 Å². The summed E-state index contributed by atoms with van der Waals surface area (Å²) in [5.74, 6) is 0. The lowest BCUT2D eigenvalue weighted by Crippen LogP contribution is -1.96. The minimum atomic E-state index is 1.14. The van der Waals surface area contributed by atoms with Crippen LogP contribution in [0.15, 0.2) is 206 Å². The fraction of sp³-hybridized carbons (Fsp3) is 0. The number of hydrogen-bond donors (Lipinski definition) is 0. The maximum absolute atomic E-state index is 2.46. The highest BCUT2D eigenvalue weighted by molar-refractivity contribution is 6.18. The Balaban J connectivity index is 1.10. The quantitative estimate of drug-likeness (QED) is 0.160. The number of aromatic nitrogens is 2. The fourth-order valence-corrected chi connectivity index (χ4v) is 8.53. The summed E-state index contributed by atoms with van der Waals surface area (Å²) in [6.07, 6.45) is 2.24. The molecule has 0 unspecified atom stereocenters. The minimum absolute atomic E-state index is 1.14. The predicted octanol–water partition coefficient (Wildman–Crippen LogP) is 14.0. The van der Waals surface area contributed by atoms with Gasteiger partial charge < -0.3 is 9.13 Å². The van der Waals surface area contributed by atoms with E-state index in [1.54, 1.807) is 0 Å². The van der Waals surface area contributed by atoms with Crippen LogP contribution < -0.4 is 0 Å². The zero-order valence-electron chi connectivity index (χ0n) is 29.5. The summed E-state index contributed by atoms with van der Waals surface area (Å²) in [5.41, 5.74) is 13.1. The molecule has 0 aliphatic carbocycles. The van der Waals surface area contributed by atoms with Crippen molar-refractivity contribution in [2.75, 3.05) is 0 Å². The van der Waals surface area contributed by atoms with Crippen LogP contribution in [0.1, 0.15) is 0 Å². The van der Waals surface area contributed by atoms with Crippen LogP contribution in [0.25, 0.3) is 99.0 Å². The van der Waals surface area contributed by atoms with Gasteiger partial charge in [0.25, 0.3) is 0 Å². The smallest absolute Gasteiger partial charge is 0.0635 e. The molecule has 0 radical (unpaired) electrons. The van der Waals surface area contributed by atoms with Gasteiger partial charge in [-0.1, -0.05) is 146 Å². The summed E-state index contributed by atoms with van der Waals surface area (Å²) in [6.45, 7) is 0. The van der Waals surface area contributed by atoms with Crippen molar-refractivity contribution in [3.8, 4) is 44.8 Å². The molecule has 54 heavy (non-hydrogen) atoms. The topological polar surface area (TPSA) is 9.86 Å². The Morgan fingerprint density at radius 1 is 0.278 bits per heavy atom. The van der Waals surface area contributed by atoms with Crippen LogP contribution in [0, 0.1) is 0 Å². The van der Waals surface area contributed by atoms with Crippen LogP contribution in [0.5, 0.6) is 0 Å². The van der Waals surface area contributed by atoms with Gasteiger partial charge in [0.2, 0.25) is 0 Å². The molecule has 11 rings (SSSR count). The minimum Gasteiger partial charge on any atom is -0.316 e. The van der Waals surface area contributed by atoms with Gasteiger partial charge in [-0.15, -0.1) is 0 Å². The van der Waals surface area contributed by atoms with Crippen LogP contribution in [0.4, 0.5) is 0 Å². The van der Waals surface area contributed by atoms with Crippen molar-refractivity contribution in [3.05, 3.63) is 206 Å². The normalized spacial score (nSPS) is 11.7. The lowest BCUT2D eigenvalue weighted by atomic mass is 9.97. The first-order valence-corrected chi connectivity index (χ1v) is 18.6. The lowest BCUT2D eigenvalue weighted by Gasteiger charge is -2.14. The van der Waals surface area contributed by atoms with Gasteiger partial charge in [-0.3, -0.25) is 0 Å². The van der Waals surface area contributed by atoms with E-state index < -0.39 is 0 Å². The van der Waals surface area contributed by atoms with Crippen LogP contribution in [0.2, 0.25) is 0 Å². The molecule has 2 heteroatoms. The Morgan fingerprint density at radius 3 is 1.69 bits per heavy atom. The number of rotatable bonds is 5. The second-order valence-corrected chi connectivity index (χ2v) is 14.2. The molecule has 0 saturated carbocycles. The molecule has 0 spiro atoms. The summed E-state index contributed by atoms with van der Waals surface area (Å²) in [4.78, 5) is 0. The van der Waals surface area contributed by atoms with E-state index in [9.17, 15) is 0 Å². The number of hydrogen-bond acceptors (Lipinski definition) is 0. The van der Waals surface area contributed by atoms with Gasteiger partial charge in [0, 0.05) is 33.7 Å². The molecule has 0 fully saturated rings. The summed E-state index contributed by atoms with van der Waals surface area (Å²) >= 11 is 0. The number of nitrogens with zero attached hydrogens (tertiary/aromatic N) is 2. The van der Waals surface area contributed by atoms with Crippen LogP contribution >= 0.6 is 0 Å². The van der Waals surface area contributed by atoms with Crippen LogP contribution in [-0.2, 0) is 0 Å². The molecule has 2 aromatic heterocycles. The molecule has 2 nitrogen and oxygen atoms in total. The molecule has 0 bridgehead atoms. The van der Waals surface area contributed by atoms with Gasteiger partial charge in [-0.2, -0.15) is 0 Å². The van der Waals surface area contributed by atoms with E-state index in [2.05, 4.69) is 216 Å². The fourth-order valence-electron chi connectivity index (χ4n) is 8.53. The van der Waals surface area contributed by atoms with Crippen molar-refractivity contribution in [1.82, 2.24) is 9.13 Å². The van der Waals surface area contributed by atoms with Crippen LogP contribution in [-0.4, -0.2) is 9.13 Å². The van der Waals surface area contributed by atoms with Crippen molar-refractivity contribution in [2.45, 2.75) is 0 Å². The third kappa shape index (κ3) is 4.88. The van der Waals surface area contributed by atoms with Crippen LogP contribution in [0.3, 0.4) is 0 Å². The number of benzene rings is 9. The molecule has 2 heterocycles. The molecule has 9 aromatic carbocycles. The highest BCUT2D eigenvalue weighted by Crippen LogP contribution is 2.40. The highest BCUT2D eigenvalue weighted by Gasteiger charge is 2.18. The molecule has 0 saturated heterocycles. The van der Waals surface area contributed by atoms with E-state index in [1.807, 2.05) is 0 Å². The molecule has 0 aliphatic heterocycles. The van der Waals surface area contributed by atoms with Gasteiger partial charge in [-0.25, -0.2) is 0 Å². The van der Waals surface area contributed by atoms with E-state index >= 15 is 0 Å².